The molecule has 13 heavy (non-hydrogen) atoms. The highest BCUT2D eigenvalue weighted by atomic mass is 28.3. The van der Waals surface area contributed by atoms with E-state index in [2.05, 4.69) is 35.9 Å². The van der Waals surface area contributed by atoms with E-state index >= 15 is 0 Å². The van der Waals surface area contributed by atoms with Gasteiger partial charge in [-0.1, -0.05) is 26.1 Å². The second-order valence-corrected chi connectivity index (χ2v) is 10.6. The van der Waals surface area contributed by atoms with Crippen LogP contribution in [-0.2, 0) is 5.04 Å². The van der Waals surface area contributed by atoms with Crippen molar-refractivity contribution in [1.29, 1.82) is 0 Å². The topological polar surface area (TPSA) is 28.7 Å². The SMILES string of the molecule is C[Si](C)(C)C1(c2ccn[nH]2)CCC1. The predicted molar refractivity (Wildman–Crippen MR) is 57.5 cm³/mol. The summed E-state index contributed by atoms with van der Waals surface area (Å²) in [5.41, 5.74) is 1.39. The van der Waals surface area contributed by atoms with Gasteiger partial charge in [0.05, 0.1) is 8.07 Å². The monoisotopic (exact) mass is 194 g/mol. The lowest BCUT2D eigenvalue weighted by molar-refractivity contribution is 0.335. The third-order valence-electron chi connectivity index (χ3n) is 3.66. The molecule has 0 unspecified atom stereocenters. The van der Waals surface area contributed by atoms with E-state index in [0.717, 1.165) is 0 Å². The fourth-order valence-corrected chi connectivity index (χ4v) is 5.28. The Labute approximate surface area is 80.8 Å². The van der Waals surface area contributed by atoms with Crippen molar-refractivity contribution in [2.24, 2.45) is 0 Å². The van der Waals surface area contributed by atoms with Crippen LogP contribution < -0.4 is 0 Å². The highest BCUT2D eigenvalue weighted by Gasteiger charge is 2.49. The molecular formula is C10H18N2Si. The minimum atomic E-state index is -1.10. The summed E-state index contributed by atoms with van der Waals surface area (Å²) in [6.07, 6.45) is 6.01. The first-order valence-corrected chi connectivity index (χ1v) is 8.56. The average Bonchev–Trinajstić information content (AvgIpc) is 2.32. The molecule has 0 atom stereocenters. The lowest BCUT2D eigenvalue weighted by atomic mass is 9.81. The smallest absolute Gasteiger partial charge is 0.0576 e. The van der Waals surface area contributed by atoms with Crippen LogP contribution in [0.3, 0.4) is 0 Å². The summed E-state index contributed by atoms with van der Waals surface area (Å²) < 4.78 is 0. The molecule has 1 aliphatic carbocycles. The first-order valence-electron chi connectivity index (χ1n) is 5.06. The Hall–Kier alpha value is -0.573. The van der Waals surface area contributed by atoms with Crippen molar-refractivity contribution in [3.8, 4) is 0 Å². The number of hydrogen-bond acceptors (Lipinski definition) is 1. The molecule has 1 heterocycles. The molecule has 1 aromatic rings. The normalized spacial score (nSPS) is 21.2. The molecule has 0 spiro atoms. The standard InChI is InChI=1S/C10H18N2Si/c1-13(2,3)10(6-4-7-10)9-5-8-11-12-9/h5,8H,4,6-7H2,1-3H3,(H,11,12). The van der Waals surface area contributed by atoms with Gasteiger partial charge in [0, 0.05) is 16.9 Å². The van der Waals surface area contributed by atoms with Gasteiger partial charge in [-0.3, -0.25) is 5.10 Å². The summed E-state index contributed by atoms with van der Waals surface area (Å²) in [4.78, 5) is 0. The first kappa shape index (κ1) is 9.00. The molecule has 0 saturated heterocycles. The third-order valence-corrected chi connectivity index (χ3v) is 7.30. The summed E-state index contributed by atoms with van der Waals surface area (Å²) in [6, 6.07) is 2.16. The molecule has 0 bridgehead atoms. The maximum atomic E-state index is 4.08. The van der Waals surface area contributed by atoms with Crippen LogP contribution in [0.15, 0.2) is 12.3 Å². The second kappa shape index (κ2) is 2.71. The molecule has 1 N–H and O–H groups in total. The number of rotatable bonds is 2. The molecule has 1 saturated carbocycles. The number of H-pyrrole nitrogens is 1. The van der Waals surface area contributed by atoms with Gasteiger partial charge in [-0.05, 0) is 18.9 Å². The minimum absolute atomic E-state index is 0.503. The molecule has 2 rings (SSSR count). The Kier molecular flexibility index (Phi) is 1.87. The third kappa shape index (κ3) is 1.17. The lowest BCUT2D eigenvalue weighted by Gasteiger charge is -2.50. The van der Waals surface area contributed by atoms with E-state index in [1.165, 1.54) is 25.0 Å². The highest BCUT2D eigenvalue weighted by molar-refractivity contribution is 6.79. The van der Waals surface area contributed by atoms with E-state index in [9.17, 15) is 0 Å². The summed E-state index contributed by atoms with van der Waals surface area (Å²) in [7, 11) is -1.10. The van der Waals surface area contributed by atoms with Gasteiger partial charge in [-0.25, -0.2) is 0 Å². The summed E-state index contributed by atoms with van der Waals surface area (Å²) >= 11 is 0. The van der Waals surface area contributed by atoms with E-state index in [4.69, 9.17) is 0 Å². The zero-order chi connectivity index (χ0) is 9.53. The van der Waals surface area contributed by atoms with Crippen molar-refractivity contribution in [1.82, 2.24) is 10.2 Å². The molecule has 0 amide bonds. The fourth-order valence-electron chi connectivity index (χ4n) is 2.48. The molecule has 2 nitrogen and oxygen atoms in total. The Bertz CT molecular complexity index is 280. The van der Waals surface area contributed by atoms with Crippen LogP contribution in [0, 0.1) is 0 Å². The summed E-state index contributed by atoms with van der Waals surface area (Å²) in [5.74, 6) is 0. The van der Waals surface area contributed by atoms with Gasteiger partial charge in [0.15, 0.2) is 0 Å². The predicted octanol–water partition coefficient (Wildman–Crippen LogP) is 2.71. The Balaban J connectivity index is 2.37. The van der Waals surface area contributed by atoms with Crippen molar-refractivity contribution in [2.75, 3.05) is 0 Å². The molecule has 3 heteroatoms. The highest BCUT2D eigenvalue weighted by Crippen LogP contribution is 2.49. The molecular weight excluding hydrogens is 176 g/mol. The van der Waals surface area contributed by atoms with Gasteiger partial charge < -0.3 is 0 Å². The number of aromatic amines is 1. The molecule has 0 aliphatic heterocycles. The maximum Gasteiger partial charge on any atom is 0.0576 e. The number of aromatic nitrogens is 2. The summed E-state index contributed by atoms with van der Waals surface area (Å²) in [6.45, 7) is 7.40. The van der Waals surface area contributed by atoms with E-state index < -0.39 is 8.07 Å². The fraction of sp³-hybridized carbons (Fsp3) is 0.700. The van der Waals surface area contributed by atoms with Crippen LogP contribution >= 0.6 is 0 Å². The second-order valence-electron chi connectivity index (χ2n) is 5.16. The van der Waals surface area contributed by atoms with Crippen molar-refractivity contribution in [2.45, 2.75) is 43.9 Å². The Morgan fingerprint density at radius 2 is 2.08 bits per heavy atom. The van der Waals surface area contributed by atoms with Crippen molar-refractivity contribution < 1.29 is 0 Å². The van der Waals surface area contributed by atoms with Crippen molar-refractivity contribution in [3.63, 3.8) is 0 Å². The van der Waals surface area contributed by atoms with Crippen LogP contribution in [0.5, 0.6) is 0 Å². The van der Waals surface area contributed by atoms with Gasteiger partial charge in [-0.15, -0.1) is 0 Å². The Morgan fingerprint density at radius 1 is 1.38 bits per heavy atom. The number of nitrogens with one attached hydrogen (secondary N) is 1. The van der Waals surface area contributed by atoms with Gasteiger partial charge >= 0.3 is 0 Å². The molecule has 1 fully saturated rings. The largest absolute Gasteiger partial charge is 0.282 e. The van der Waals surface area contributed by atoms with Crippen LogP contribution in [0.25, 0.3) is 0 Å². The maximum absolute atomic E-state index is 4.08. The molecule has 1 aliphatic rings. The molecule has 1 aromatic heterocycles. The van der Waals surface area contributed by atoms with Crippen molar-refractivity contribution in [3.05, 3.63) is 18.0 Å². The quantitative estimate of drug-likeness (QED) is 0.721. The van der Waals surface area contributed by atoms with Crippen LogP contribution in [0.1, 0.15) is 25.0 Å². The van der Waals surface area contributed by atoms with E-state index in [-0.39, 0.29) is 0 Å². The summed E-state index contributed by atoms with van der Waals surface area (Å²) in [5, 5.41) is 7.76. The van der Waals surface area contributed by atoms with E-state index in [1.54, 1.807) is 0 Å². The van der Waals surface area contributed by atoms with Gasteiger partial charge in [0.1, 0.15) is 0 Å². The van der Waals surface area contributed by atoms with Crippen LogP contribution in [0.4, 0.5) is 0 Å². The Morgan fingerprint density at radius 3 is 2.38 bits per heavy atom. The van der Waals surface area contributed by atoms with Crippen molar-refractivity contribution >= 4 is 8.07 Å². The zero-order valence-electron chi connectivity index (χ0n) is 8.72. The van der Waals surface area contributed by atoms with Gasteiger partial charge in [-0.2, -0.15) is 5.10 Å². The van der Waals surface area contributed by atoms with Crippen LogP contribution in [0.2, 0.25) is 19.6 Å². The van der Waals surface area contributed by atoms with Gasteiger partial charge in [0.25, 0.3) is 0 Å². The zero-order valence-corrected chi connectivity index (χ0v) is 9.72. The average molecular weight is 194 g/mol. The van der Waals surface area contributed by atoms with E-state index in [0.29, 0.717) is 5.04 Å². The molecule has 72 valence electrons. The first-order chi connectivity index (χ1) is 6.06. The van der Waals surface area contributed by atoms with Gasteiger partial charge in [0.2, 0.25) is 0 Å². The minimum Gasteiger partial charge on any atom is -0.282 e. The molecule has 0 radical (unpaired) electrons. The number of hydrogen-bond donors (Lipinski definition) is 1. The van der Waals surface area contributed by atoms with Crippen LogP contribution in [-0.4, -0.2) is 18.3 Å². The van der Waals surface area contributed by atoms with E-state index in [1.807, 2.05) is 6.20 Å². The number of nitrogens with zero attached hydrogens (tertiary/aromatic N) is 1. The lowest BCUT2D eigenvalue weighted by Crippen LogP contribution is -2.54. The molecule has 0 aromatic carbocycles.